The van der Waals surface area contributed by atoms with Crippen molar-refractivity contribution >= 4 is 29.4 Å². The lowest BCUT2D eigenvalue weighted by Gasteiger charge is -2.26. The fourth-order valence-electron chi connectivity index (χ4n) is 2.10. The first kappa shape index (κ1) is 15.9. The van der Waals surface area contributed by atoms with E-state index in [-0.39, 0.29) is 17.2 Å². The van der Waals surface area contributed by atoms with E-state index in [9.17, 15) is 9.59 Å². The number of hydrogen-bond donors (Lipinski definition) is 1. The van der Waals surface area contributed by atoms with Gasteiger partial charge in [0.2, 0.25) is 11.8 Å². The number of hydrogen-bond acceptors (Lipinski definition) is 5. The number of anilines is 1. The summed E-state index contributed by atoms with van der Waals surface area (Å²) in [6.45, 7) is 7.80. The quantitative estimate of drug-likeness (QED) is 0.926. The van der Waals surface area contributed by atoms with Gasteiger partial charge < -0.3 is 14.7 Å². The molecule has 0 aromatic carbocycles. The molecule has 0 unspecified atom stereocenters. The molecule has 1 aliphatic rings. The molecule has 1 atom stereocenters. The van der Waals surface area contributed by atoms with Crippen molar-refractivity contribution in [2.75, 3.05) is 16.9 Å². The lowest BCUT2D eigenvalue weighted by Crippen LogP contribution is -2.45. The van der Waals surface area contributed by atoms with Crippen molar-refractivity contribution in [3.05, 3.63) is 11.8 Å². The van der Waals surface area contributed by atoms with Gasteiger partial charge in [-0.2, -0.15) is 0 Å². The minimum Gasteiger partial charge on any atom is -0.360 e. The summed E-state index contributed by atoms with van der Waals surface area (Å²) in [6, 6.07) is 1.21. The van der Waals surface area contributed by atoms with E-state index in [1.165, 1.54) is 0 Å². The van der Waals surface area contributed by atoms with Crippen LogP contribution < -0.4 is 5.32 Å². The second-order valence-corrected chi connectivity index (χ2v) is 7.43. The van der Waals surface area contributed by atoms with Crippen LogP contribution in [0.4, 0.5) is 5.82 Å². The Bertz CT molecular complexity index is 536. The average Bonchev–Trinajstić information content (AvgIpc) is 2.95. The van der Waals surface area contributed by atoms with E-state index in [0.717, 1.165) is 0 Å². The maximum absolute atomic E-state index is 12.3. The zero-order valence-corrected chi connectivity index (χ0v) is 13.6. The number of nitrogens with zero attached hydrogens (tertiary/aromatic N) is 2. The Morgan fingerprint density at radius 3 is 2.81 bits per heavy atom. The summed E-state index contributed by atoms with van der Waals surface area (Å²) in [5.74, 6) is 1.99. The topological polar surface area (TPSA) is 75.4 Å². The number of aryl methyl sites for hydroxylation is 1. The van der Waals surface area contributed by atoms with Gasteiger partial charge in [-0.05, 0) is 12.3 Å². The fourth-order valence-corrected chi connectivity index (χ4v) is 3.28. The van der Waals surface area contributed by atoms with Crippen LogP contribution in [0.1, 0.15) is 33.0 Å². The number of nitrogens with one attached hydrogen (secondary N) is 1. The molecular formula is C14H21N3O3S. The number of carbonyl (C=O) groups excluding carboxylic acids is 2. The van der Waals surface area contributed by atoms with Gasteiger partial charge in [0.05, 0.1) is 5.88 Å². The van der Waals surface area contributed by atoms with Crippen molar-refractivity contribution in [1.82, 2.24) is 10.1 Å². The standard InChI is InChI=1S/C14H21N3O3S/c1-9-5-11(16-20-9)15-13(19)10-7-21-8-17(10)12(18)6-14(2,3)4/h5,10H,6-8H2,1-4H3,(H,15,16,19)/t10-/m0/s1. The van der Waals surface area contributed by atoms with Gasteiger partial charge in [-0.25, -0.2) is 0 Å². The number of thioether (sulfide) groups is 1. The summed E-state index contributed by atoms with van der Waals surface area (Å²) in [6.07, 6.45) is 0.431. The first-order valence-corrected chi connectivity index (χ1v) is 8.03. The highest BCUT2D eigenvalue weighted by Crippen LogP contribution is 2.27. The van der Waals surface area contributed by atoms with Crippen molar-refractivity contribution in [2.45, 2.75) is 40.2 Å². The van der Waals surface area contributed by atoms with E-state index >= 15 is 0 Å². The largest absolute Gasteiger partial charge is 0.360 e. The van der Waals surface area contributed by atoms with Crippen LogP contribution in [-0.4, -0.2) is 39.5 Å². The van der Waals surface area contributed by atoms with Gasteiger partial charge in [0.25, 0.3) is 0 Å². The molecule has 1 saturated heterocycles. The highest BCUT2D eigenvalue weighted by atomic mass is 32.2. The Balaban J connectivity index is 2.00. The molecule has 2 heterocycles. The molecule has 7 heteroatoms. The molecule has 2 rings (SSSR count). The number of rotatable bonds is 3. The van der Waals surface area contributed by atoms with Gasteiger partial charge in [0.1, 0.15) is 11.8 Å². The van der Waals surface area contributed by atoms with Gasteiger partial charge in [0.15, 0.2) is 5.82 Å². The van der Waals surface area contributed by atoms with Gasteiger partial charge in [-0.15, -0.1) is 11.8 Å². The minimum absolute atomic E-state index is 0.0176. The van der Waals surface area contributed by atoms with Crippen LogP contribution in [0.5, 0.6) is 0 Å². The average molecular weight is 311 g/mol. The first-order valence-electron chi connectivity index (χ1n) is 6.88. The van der Waals surface area contributed by atoms with Gasteiger partial charge in [0, 0.05) is 18.2 Å². The predicted molar refractivity (Wildman–Crippen MR) is 81.9 cm³/mol. The second kappa shape index (κ2) is 6.09. The summed E-state index contributed by atoms with van der Waals surface area (Å²) < 4.78 is 4.92. The monoisotopic (exact) mass is 311 g/mol. The van der Waals surface area contributed by atoms with E-state index < -0.39 is 6.04 Å². The minimum atomic E-state index is -0.443. The lowest BCUT2D eigenvalue weighted by molar-refractivity contribution is -0.137. The van der Waals surface area contributed by atoms with Crippen molar-refractivity contribution in [1.29, 1.82) is 0 Å². The smallest absolute Gasteiger partial charge is 0.249 e. The van der Waals surface area contributed by atoms with E-state index in [2.05, 4.69) is 10.5 Å². The van der Waals surface area contributed by atoms with Crippen molar-refractivity contribution < 1.29 is 14.1 Å². The molecule has 1 aliphatic heterocycles. The van der Waals surface area contributed by atoms with Crippen molar-refractivity contribution in [3.63, 3.8) is 0 Å². The third-order valence-corrected chi connectivity index (χ3v) is 4.08. The van der Waals surface area contributed by atoms with Crippen LogP contribution in [-0.2, 0) is 9.59 Å². The Labute approximate surface area is 128 Å². The molecule has 2 amide bonds. The molecule has 0 aliphatic carbocycles. The third-order valence-electron chi connectivity index (χ3n) is 3.07. The van der Waals surface area contributed by atoms with Crippen LogP contribution >= 0.6 is 11.8 Å². The first-order chi connectivity index (χ1) is 9.76. The van der Waals surface area contributed by atoms with Crippen molar-refractivity contribution in [3.8, 4) is 0 Å². The summed E-state index contributed by atoms with van der Waals surface area (Å²) in [5.41, 5.74) is -0.0887. The van der Waals surface area contributed by atoms with Gasteiger partial charge >= 0.3 is 0 Å². The van der Waals surface area contributed by atoms with Gasteiger partial charge in [-0.3, -0.25) is 9.59 Å². The molecule has 0 spiro atoms. The van der Waals surface area contributed by atoms with E-state index in [1.807, 2.05) is 20.8 Å². The Morgan fingerprint density at radius 1 is 1.52 bits per heavy atom. The summed E-state index contributed by atoms with van der Waals surface area (Å²) >= 11 is 1.59. The zero-order chi connectivity index (χ0) is 15.6. The van der Waals surface area contributed by atoms with E-state index in [1.54, 1.807) is 29.7 Å². The van der Waals surface area contributed by atoms with Crippen LogP contribution in [0.25, 0.3) is 0 Å². The number of aromatic nitrogens is 1. The summed E-state index contributed by atoms with van der Waals surface area (Å²) in [7, 11) is 0. The molecule has 21 heavy (non-hydrogen) atoms. The Hall–Kier alpha value is -1.50. The fraction of sp³-hybridized carbons (Fsp3) is 0.643. The van der Waals surface area contributed by atoms with Crippen LogP contribution in [0.15, 0.2) is 10.6 Å². The third kappa shape index (κ3) is 4.23. The normalized spacial score (nSPS) is 18.9. The molecule has 1 aromatic heterocycles. The maximum atomic E-state index is 12.3. The van der Waals surface area contributed by atoms with Crippen LogP contribution in [0.3, 0.4) is 0 Å². The summed E-state index contributed by atoms with van der Waals surface area (Å²) in [5, 5.41) is 6.44. The molecule has 116 valence electrons. The Kier molecular flexibility index (Phi) is 4.61. The lowest BCUT2D eigenvalue weighted by atomic mass is 9.91. The number of amides is 2. The molecule has 1 aromatic rings. The molecule has 1 fully saturated rings. The zero-order valence-electron chi connectivity index (χ0n) is 12.8. The number of carbonyl (C=O) groups is 2. The van der Waals surface area contributed by atoms with Crippen LogP contribution in [0, 0.1) is 12.3 Å². The molecular weight excluding hydrogens is 290 g/mol. The van der Waals surface area contributed by atoms with Crippen LogP contribution in [0.2, 0.25) is 0 Å². The maximum Gasteiger partial charge on any atom is 0.249 e. The Morgan fingerprint density at radius 2 is 2.24 bits per heavy atom. The predicted octanol–water partition coefficient (Wildman–Crippen LogP) is 2.26. The van der Waals surface area contributed by atoms with Gasteiger partial charge in [-0.1, -0.05) is 25.9 Å². The highest BCUT2D eigenvalue weighted by molar-refractivity contribution is 7.99. The molecule has 0 radical (unpaired) electrons. The van der Waals surface area contributed by atoms with E-state index in [4.69, 9.17) is 4.52 Å². The summed E-state index contributed by atoms with van der Waals surface area (Å²) in [4.78, 5) is 26.3. The SMILES string of the molecule is Cc1cc(NC(=O)[C@@H]2CSCN2C(=O)CC(C)(C)C)no1. The molecule has 0 bridgehead atoms. The van der Waals surface area contributed by atoms with E-state index in [0.29, 0.717) is 29.6 Å². The highest BCUT2D eigenvalue weighted by Gasteiger charge is 2.36. The molecule has 6 nitrogen and oxygen atoms in total. The van der Waals surface area contributed by atoms with Crippen molar-refractivity contribution in [2.24, 2.45) is 5.41 Å². The molecule has 0 saturated carbocycles. The molecule has 1 N–H and O–H groups in total. The second-order valence-electron chi connectivity index (χ2n) is 6.43.